The molecule has 0 unspecified atom stereocenters. The molecular weight excluding hydrogens is 462 g/mol. The summed E-state index contributed by atoms with van der Waals surface area (Å²) in [6, 6.07) is 16.3. The summed E-state index contributed by atoms with van der Waals surface area (Å²) in [5, 5.41) is 2.96. The molecule has 0 bridgehead atoms. The largest absolute Gasteiger partial charge is 0.354 e. The fraction of sp³-hybridized carbons (Fsp3) is 0.481. The van der Waals surface area contributed by atoms with Crippen LogP contribution in [0.1, 0.15) is 57.1 Å². The van der Waals surface area contributed by atoms with Gasteiger partial charge in [-0.25, -0.2) is 8.42 Å². The van der Waals surface area contributed by atoms with Crippen LogP contribution in [0.2, 0.25) is 0 Å². The minimum Gasteiger partial charge on any atom is -0.354 e. The van der Waals surface area contributed by atoms with Gasteiger partial charge in [0.25, 0.3) is 0 Å². The molecule has 35 heavy (non-hydrogen) atoms. The van der Waals surface area contributed by atoms with Crippen LogP contribution in [0.15, 0.2) is 54.6 Å². The molecule has 0 aliphatic rings. The van der Waals surface area contributed by atoms with Crippen molar-refractivity contribution in [2.24, 2.45) is 0 Å². The van der Waals surface area contributed by atoms with Gasteiger partial charge in [-0.3, -0.25) is 13.9 Å². The number of carbonyl (C=O) groups is 2. The number of nitrogens with zero attached hydrogens (tertiary/aromatic N) is 2. The number of rotatable bonds is 14. The van der Waals surface area contributed by atoms with E-state index in [4.69, 9.17) is 0 Å². The highest BCUT2D eigenvalue weighted by Crippen LogP contribution is 2.20. The number of nitrogens with one attached hydrogen (secondary N) is 1. The average Bonchev–Trinajstić information content (AvgIpc) is 2.82. The highest BCUT2D eigenvalue weighted by Gasteiger charge is 2.28. The molecule has 0 spiro atoms. The maximum absolute atomic E-state index is 13.4. The SMILES string of the molecule is CCCCNC(=O)[C@@H](CC)N(Cc1ccccc1)C(=O)CCCN(c1ccc(C)cc1)S(C)(=O)=O. The zero-order valence-electron chi connectivity index (χ0n) is 21.4. The van der Waals surface area contributed by atoms with Crippen molar-refractivity contribution in [3.8, 4) is 0 Å². The van der Waals surface area contributed by atoms with Crippen molar-refractivity contribution in [3.05, 3.63) is 65.7 Å². The lowest BCUT2D eigenvalue weighted by Gasteiger charge is -2.31. The number of sulfonamides is 1. The lowest BCUT2D eigenvalue weighted by Crippen LogP contribution is -2.49. The predicted octanol–water partition coefficient (Wildman–Crippen LogP) is 4.26. The molecule has 0 radical (unpaired) electrons. The molecule has 1 atom stereocenters. The normalized spacial score (nSPS) is 12.1. The molecule has 0 aromatic heterocycles. The minimum absolute atomic E-state index is 0.142. The van der Waals surface area contributed by atoms with Gasteiger partial charge in [-0.05, 0) is 43.9 Å². The van der Waals surface area contributed by atoms with Gasteiger partial charge in [-0.1, -0.05) is 68.3 Å². The van der Waals surface area contributed by atoms with Crippen molar-refractivity contribution in [2.75, 3.05) is 23.7 Å². The molecule has 0 aliphatic heterocycles. The molecule has 2 rings (SSSR count). The third-order valence-electron chi connectivity index (χ3n) is 5.89. The number of carbonyl (C=O) groups excluding carboxylic acids is 2. The van der Waals surface area contributed by atoms with Gasteiger partial charge in [-0.2, -0.15) is 0 Å². The van der Waals surface area contributed by atoms with E-state index in [1.54, 1.807) is 17.0 Å². The van der Waals surface area contributed by atoms with Crippen LogP contribution < -0.4 is 9.62 Å². The van der Waals surface area contributed by atoms with Gasteiger partial charge >= 0.3 is 0 Å². The first-order valence-corrected chi connectivity index (χ1v) is 14.2. The van der Waals surface area contributed by atoms with Crippen LogP contribution in [0, 0.1) is 6.92 Å². The zero-order valence-corrected chi connectivity index (χ0v) is 22.2. The summed E-state index contributed by atoms with van der Waals surface area (Å²) in [7, 11) is -3.50. The standard InChI is InChI=1S/C27H39N3O4S/c1-5-7-19-28-27(32)25(6-2)29(21-23-12-9-8-10-13-23)26(31)14-11-20-30(35(4,33)34)24-17-15-22(3)16-18-24/h8-10,12-13,15-18,25H,5-7,11,14,19-21H2,1-4H3,(H,28,32)/t25-/m1/s1. The van der Waals surface area contributed by atoms with E-state index in [1.165, 1.54) is 10.6 Å². The zero-order chi connectivity index (χ0) is 25.8. The number of anilines is 1. The van der Waals surface area contributed by atoms with Crippen molar-refractivity contribution in [2.45, 2.75) is 65.5 Å². The Morgan fingerprint density at radius 3 is 2.20 bits per heavy atom. The summed E-state index contributed by atoms with van der Waals surface area (Å²) < 4.78 is 26.2. The van der Waals surface area contributed by atoms with Gasteiger partial charge in [0.2, 0.25) is 21.8 Å². The second-order valence-corrected chi connectivity index (χ2v) is 10.8. The third kappa shape index (κ3) is 9.02. The molecule has 0 heterocycles. The molecule has 2 amide bonds. The maximum atomic E-state index is 13.4. The van der Waals surface area contributed by atoms with Crippen LogP contribution >= 0.6 is 0 Å². The molecule has 7 nitrogen and oxygen atoms in total. The number of amides is 2. The molecule has 192 valence electrons. The lowest BCUT2D eigenvalue weighted by molar-refractivity contribution is -0.141. The molecule has 2 aromatic carbocycles. The van der Waals surface area contributed by atoms with E-state index >= 15 is 0 Å². The first-order valence-electron chi connectivity index (χ1n) is 12.3. The summed E-state index contributed by atoms with van der Waals surface area (Å²) in [6.45, 7) is 7.00. The van der Waals surface area contributed by atoms with Crippen LogP contribution in [-0.2, 0) is 26.2 Å². The molecule has 0 saturated carbocycles. The number of aryl methyl sites for hydroxylation is 1. The van der Waals surface area contributed by atoms with Crippen molar-refractivity contribution in [1.82, 2.24) is 10.2 Å². The smallest absolute Gasteiger partial charge is 0.242 e. The van der Waals surface area contributed by atoms with Crippen molar-refractivity contribution >= 4 is 27.5 Å². The fourth-order valence-electron chi connectivity index (χ4n) is 3.92. The number of hydrogen-bond acceptors (Lipinski definition) is 4. The second-order valence-electron chi connectivity index (χ2n) is 8.85. The third-order valence-corrected chi connectivity index (χ3v) is 7.08. The molecule has 8 heteroatoms. The topological polar surface area (TPSA) is 86.8 Å². The van der Waals surface area contributed by atoms with Crippen LogP contribution in [0.5, 0.6) is 0 Å². The first kappa shape index (κ1) is 28.4. The Hall–Kier alpha value is -2.87. The monoisotopic (exact) mass is 501 g/mol. The van der Waals surface area contributed by atoms with Crippen molar-refractivity contribution in [3.63, 3.8) is 0 Å². The van der Waals surface area contributed by atoms with E-state index < -0.39 is 16.1 Å². The Labute approximate surface area is 210 Å². The quantitative estimate of drug-likeness (QED) is 0.392. The Bertz CT molecular complexity index is 1040. The molecule has 0 fully saturated rings. The summed E-state index contributed by atoms with van der Waals surface area (Å²) in [5.41, 5.74) is 2.56. The van der Waals surface area contributed by atoms with Crippen molar-refractivity contribution in [1.29, 1.82) is 0 Å². The van der Waals surface area contributed by atoms with Crippen LogP contribution in [-0.4, -0.2) is 50.5 Å². The molecule has 0 saturated heterocycles. The van der Waals surface area contributed by atoms with Gasteiger partial charge in [0.1, 0.15) is 6.04 Å². The minimum atomic E-state index is -3.50. The van der Waals surface area contributed by atoms with Crippen LogP contribution in [0.25, 0.3) is 0 Å². The van der Waals surface area contributed by atoms with E-state index in [2.05, 4.69) is 12.2 Å². The van der Waals surface area contributed by atoms with Gasteiger partial charge in [0.15, 0.2) is 0 Å². The van der Waals surface area contributed by atoms with Crippen LogP contribution in [0.4, 0.5) is 5.69 Å². The molecule has 2 aromatic rings. The Balaban J connectivity index is 2.15. The number of benzene rings is 2. The van der Waals surface area contributed by atoms with Gasteiger partial charge in [0.05, 0.1) is 11.9 Å². The summed E-state index contributed by atoms with van der Waals surface area (Å²) in [4.78, 5) is 27.9. The highest BCUT2D eigenvalue weighted by atomic mass is 32.2. The van der Waals surface area contributed by atoms with Gasteiger partial charge < -0.3 is 10.2 Å². The Kier molecular flexibility index (Phi) is 11.2. The molecular formula is C27H39N3O4S. The Morgan fingerprint density at radius 1 is 0.971 bits per heavy atom. The summed E-state index contributed by atoms with van der Waals surface area (Å²) >= 11 is 0. The number of hydrogen-bond donors (Lipinski definition) is 1. The van der Waals surface area contributed by atoms with Gasteiger partial charge in [0, 0.05) is 26.1 Å². The molecule has 0 aliphatic carbocycles. The Morgan fingerprint density at radius 2 is 1.63 bits per heavy atom. The second kappa shape index (κ2) is 13.9. The highest BCUT2D eigenvalue weighted by molar-refractivity contribution is 7.92. The van der Waals surface area contributed by atoms with E-state index in [1.807, 2.05) is 56.3 Å². The summed E-state index contributed by atoms with van der Waals surface area (Å²) in [5.74, 6) is -0.314. The fourth-order valence-corrected chi connectivity index (χ4v) is 4.89. The summed E-state index contributed by atoms with van der Waals surface area (Å²) in [6.07, 6.45) is 4.01. The van der Waals surface area contributed by atoms with E-state index in [-0.39, 0.29) is 24.8 Å². The predicted molar refractivity (Wildman–Crippen MR) is 142 cm³/mol. The van der Waals surface area contributed by atoms with E-state index in [9.17, 15) is 18.0 Å². The van der Waals surface area contributed by atoms with Crippen LogP contribution in [0.3, 0.4) is 0 Å². The lowest BCUT2D eigenvalue weighted by atomic mass is 10.1. The van der Waals surface area contributed by atoms with Gasteiger partial charge in [-0.15, -0.1) is 0 Å². The number of unbranched alkanes of at least 4 members (excludes halogenated alkanes) is 1. The maximum Gasteiger partial charge on any atom is 0.242 e. The van der Waals surface area contributed by atoms with Crippen molar-refractivity contribution < 1.29 is 18.0 Å². The average molecular weight is 502 g/mol. The molecule has 1 N–H and O–H groups in total. The van der Waals surface area contributed by atoms with E-state index in [0.717, 1.165) is 24.0 Å². The first-order chi connectivity index (χ1) is 16.7. The van der Waals surface area contributed by atoms with E-state index in [0.29, 0.717) is 31.6 Å².